The van der Waals surface area contributed by atoms with E-state index in [4.69, 9.17) is 0 Å². The highest BCUT2D eigenvalue weighted by Crippen LogP contribution is 2.05. The van der Waals surface area contributed by atoms with Crippen LogP contribution in [0.15, 0.2) is 24.3 Å². The molecular weight excluding hydrogens is 186 g/mol. The molecule has 0 amide bonds. The largest absolute Gasteiger partial charge is 0.313 e. The quantitative estimate of drug-likeness (QED) is 0.723. The lowest BCUT2D eigenvalue weighted by atomic mass is 10.1. The van der Waals surface area contributed by atoms with Crippen molar-refractivity contribution < 1.29 is 4.79 Å². The molecule has 1 aromatic carbocycles. The standard InChI is InChI=1S/C13H19NO/c1-11-6-3-4-8-13(11)10-14-9-5-7-12(2)15/h3-4,6,8,14H,5,7,9-10H2,1-2H3. The molecule has 0 saturated carbocycles. The minimum atomic E-state index is 0.271. The summed E-state index contributed by atoms with van der Waals surface area (Å²) in [5.41, 5.74) is 2.65. The van der Waals surface area contributed by atoms with Gasteiger partial charge in [0.2, 0.25) is 0 Å². The first kappa shape index (κ1) is 11.9. The van der Waals surface area contributed by atoms with Crippen molar-refractivity contribution in [3.8, 4) is 0 Å². The van der Waals surface area contributed by atoms with Crippen LogP contribution in [0.1, 0.15) is 30.9 Å². The van der Waals surface area contributed by atoms with Crippen molar-refractivity contribution in [3.05, 3.63) is 35.4 Å². The van der Waals surface area contributed by atoms with E-state index in [2.05, 4.69) is 36.5 Å². The number of nitrogens with one attached hydrogen (secondary N) is 1. The zero-order valence-corrected chi connectivity index (χ0v) is 9.55. The van der Waals surface area contributed by atoms with Gasteiger partial charge >= 0.3 is 0 Å². The van der Waals surface area contributed by atoms with Crippen molar-refractivity contribution >= 4 is 5.78 Å². The predicted molar refractivity (Wildman–Crippen MR) is 62.8 cm³/mol. The van der Waals surface area contributed by atoms with Crippen molar-refractivity contribution in [2.45, 2.75) is 33.2 Å². The number of hydrogen-bond donors (Lipinski definition) is 1. The number of carbonyl (C=O) groups excluding carboxylic acids is 1. The summed E-state index contributed by atoms with van der Waals surface area (Å²) in [5, 5.41) is 3.35. The molecule has 1 aromatic rings. The maximum Gasteiger partial charge on any atom is 0.129 e. The van der Waals surface area contributed by atoms with E-state index in [1.165, 1.54) is 11.1 Å². The van der Waals surface area contributed by atoms with Gasteiger partial charge in [-0.3, -0.25) is 0 Å². The molecule has 15 heavy (non-hydrogen) atoms. The van der Waals surface area contributed by atoms with E-state index in [9.17, 15) is 4.79 Å². The smallest absolute Gasteiger partial charge is 0.129 e. The molecule has 0 atom stereocenters. The first-order valence-electron chi connectivity index (χ1n) is 5.45. The minimum Gasteiger partial charge on any atom is -0.313 e. The Morgan fingerprint density at radius 2 is 2.07 bits per heavy atom. The highest BCUT2D eigenvalue weighted by Gasteiger charge is 1.96. The minimum absolute atomic E-state index is 0.271. The van der Waals surface area contributed by atoms with Crippen LogP contribution in [0.4, 0.5) is 0 Å². The van der Waals surface area contributed by atoms with Gasteiger partial charge in [0.05, 0.1) is 0 Å². The highest BCUT2D eigenvalue weighted by molar-refractivity contribution is 5.75. The van der Waals surface area contributed by atoms with Gasteiger partial charge in [0.15, 0.2) is 0 Å². The molecule has 0 radical (unpaired) electrons. The van der Waals surface area contributed by atoms with Gasteiger partial charge < -0.3 is 10.1 Å². The Morgan fingerprint density at radius 1 is 1.33 bits per heavy atom. The number of Topliss-reactive ketones (excluding diaryl/α,β-unsaturated/α-hetero) is 1. The van der Waals surface area contributed by atoms with Crippen LogP contribution in [0.5, 0.6) is 0 Å². The summed E-state index contributed by atoms with van der Waals surface area (Å²) in [6, 6.07) is 8.36. The van der Waals surface area contributed by atoms with Crippen LogP contribution in [-0.2, 0) is 11.3 Å². The summed E-state index contributed by atoms with van der Waals surface area (Å²) in [4.78, 5) is 10.7. The molecule has 2 nitrogen and oxygen atoms in total. The summed E-state index contributed by atoms with van der Waals surface area (Å²) in [6.07, 6.45) is 1.61. The molecule has 0 bridgehead atoms. The molecule has 0 aromatic heterocycles. The van der Waals surface area contributed by atoms with Gasteiger partial charge in [0.1, 0.15) is 5.78 Å². The van der Waals surface area contributed by atoms with E-state index in [-0.39, 0.29) is 5.78 Å². The third-order valence-electron chi connectivity index (χ3n) is 2.46. The van der Waals surface area contributed by atoms with E-state index in [1.54, 1.807) is 6.92 Å². The third kappa shape index (κ3) is 4.75. The Labute approximate surface area is 91.7 Å². The van der Waals surface area contributed by atoms with Crippen molar-refractivity contribution in [1.29, 1.82) is 0 Å². The van der Waals surface area contributed by atoms with Crippen LogP contribution in [0, 0.1) is 6.92 Å². The second-order valence-corrected chi connectivity index (χ2v) is 3.91. The van der Waals surface area contributed by atoms with E-state index < -0.39 is 0 Å². The summed E-state index contributed by atoms with van der Waals surface area (Å²) in [7, 11) is 0. The van der Waals surface area contributed by atoms with Crippen molar-refractivity contribution in [2.75, 3.05) is 6.54 Å². The van der Waals surface area contributed by atoms with Crippen LogP contribution in [0.3, 0.4) is 0 Å². The highest BCUT2D eigenvalue weighted by atomic mass is 16.1. The Balaban J connectivity index is 2.21. The van der Waals surface area contributed by atoms with Gasteiger partial charge in [-0.1, -0.05) is 24.3 Å². The Kier molecular flexibility index (Phi) is 5.05. The van der Waals surface area contributed by atoms with Gasteiger partial charge in [-0.25, -0.2) is 0 Å². The van der Waals surface area contributed by atoms with Crippen LogP contribution in [0.25, 0.3) is 0 Å². The molecule has 0 spiro atoms. The molecule has 0 fully saturated rings. The Morgan fingerprint density at radius 3 is 2.73 bits per heavy atom. The van der Waals surface area contributed by atoms with Crippen LogP contribution in [0.2, 0.25) is 0 Å². The molecule has 1 N–H and O–H groups in total. The zero-order valence-electron chi connectivity index (χ0n) is 9.55. The average molecular weight is 205 g/mol. The average Bonchev–Trinajstić information content (AvgIpc) is 2.20. The molecule has 0 aliphatic carbocycles. The van der Waals surface area contributed by atoms with Gasteiger partial charge in [0.25, 0.3) is 0 Å². The fourth-order valence-electron chi connectivity index (χ4n) is 1.49. The molecule has 0 aliphatic rings. The van der Waals surface area contributed by atoms with Gasteiger partial charge in [-0.15, -0.1) is 0 Å². The van der Waals surface area contributed by atoms with Crippen LogP contribution < -0.4 is 5.32 Å². The van der Waals surface area contributed by atoms with Crippen LogP contribution in [-0.4, -0.2) is 12.3 Å². The Bertz CT molecular complexity index is 320. The number of hydrogen-bond acceptors (Lipinski definition) is 2. The maximum atomic E-state index is 10.7. The van der Waals surface area contributed by atoms with Crippen molar-refractivity contribution in [1.82, 2.24) is 5.32 Å². The number of benzene rings is 1. The first-order valence-corrected chi connectivity index (χ1v) is 5.45. The first-order chi connectivity index (χ1) is 7.20. The Hall–Kier alpha value is -1.15. The molecule has 0 saturated heterocycles. The lowest BCUT2D eigenvalue weighted by molar-refractivity contribution is -0.117. The molecule has 0 unspecified atom stereocenters. The monoisotopic (exact) mass is 205 g/mol. The topological polar surface area (TPSA) is 29.1 Å². The lowest BCUT2D eigenvalue weighted by Crippen LogP contribution is -2.16. The number of carbonyl (C=O) groups is 1. The normalized spacial score (nSPS) is 10.3. The number of rotatable bonds is 6. The van der Waals surface area contributed by atoms with Crippen LogP contribution >= 0.6 is 0 Å². The van der Waals surface area contributed by atoms with E-state index in [0.29, 0.717) is 6.42 Å². The molecular formula is C13H19NO. The van der Waals surface area contributed by atoms with Gasteiger partial charge in [-0.05, 0) is 37.9 Å². The summed E-state index contributed by atoms with van der Waals surface area (Å²) >= 11 is 0. The molecule has 0 heterocycles. The van der Waals surface area contributed by atoms with Gasteiger partial charge in [-0.2, -0.15) is 0 Å². The third-order valence-corrected chi connectivity index (χ3v) is 2.46. The fraction of sp³-hybridized carbons (Fsp3) is 0.462. The summed E-state index contributed by atoms with van der Waals surface area (Å²) < 4.78 is 0. The number of ketones is 1. The van der Waals surface area contributed by atoms with Crippen molar-refractivity contribution in [2.24, 2.45) is 0 Å². The molecule has 2 heteroatoms. The summed E-state index contributed by atoms with van der Waals surface area (Å²) in [6.45, 7) is 5.56. The summed E-state index contributed by atoms with van der Waals surface area (Å²) in [5.74, 6) is 0.271. The van der Waals surface area contributed by atoms with E-state index in [1.807, 2.05) is 0 Å². The molecule has 1 rings (SSSR count). The van der Waals surface area contributed by atoms with Crippen molar-refractivity contribution in [3.63, 3.8) is 0 Å². The van der Waals surface area contributed by atoms with E-state index >= 15 is 0 Å². The maximum absolute atomic E-state index is 10.7. The molecule has 82 valence electrons. The SMILES string of the molecule is CC(=O)CCCNCc1ccccc1C. The second kappa shape index (κ2) is 6.36. The fourth-order valence-corrected chi connectivity index (χ4v) is 1.49. The van der Waals surface area contributed by atoms with E-state index in [0.717, 1.165) is 19.5 Å². The second-order valence-electron chi connectivity index (χ2n) is 3.91. The number of aryl methyl sites for hydroxylation is 1. The zero-order chi connectivity index (χ0) is 11.1. The van der Waals surface area contributed by atoms with Gasteiger partial charge in [0, 0.05) is 13.0 Å². The lowest BCUT2D eigenvalue weighted by Gasteiger charge is -2.06. The predicted octanol–water partition coefficient (Wildman–Crippen LogP) is 2.45. The molecule has 0 aliphatic heterocycles.